The van der Waals surface area contributed by atoms with Crippen LogP contribution in [-0.4, -0.2) is 29.3 Å². The van der Waals surface area contributed by atoms with E-state index in [1.165, 1.54) is 36.5 Å². The summed E-state index contributed by atoms with van der Waals surface area (Å²) < 4.78 is 8.23. The van der Waals surface area contributed by atoms with E-state index in [1.807, 2.05) is 0 Å². The monoisotopic (exact) mass is 277 g/mol. The Morgan fingerprint density at radius 2 is 2.30 bits per heavy atom. The third kappa shape index (κ3) is 3.41. The van der Waals surface area contributed by atoms with Crippen molar-refractivity contribution < 1.29 is 4.74 Å². The van der Waals surface area contributed by atoms with E-state index < -0.39 is 0 Å². The number of nitrogens with zero attached hydrogens (tertiary/aromatic N) is 2. The smallest absolute Gasteiger partial charge is 0.109 e. The van der Waals surface area contributed by atoms with Gasteiger partial charge in [-0.25, -0.2) is 4.98 Å². The molecule has 4 heteroatoms. The zero-order valence-electron chi connectivity index (χ0n) is 12.7. The van der Waals surface area contributed by atoms with Gasteiger partial charge in [0.15, 0.2) is 0 Å². The molecule has 0 atom stereocenters. The van der Waals surface area contributed by atoms with Gasteiger partial charge in [-0.1, -0.05) is 6.92 Å². The van der Waals surface area contributed by atoms with Gasteiger partial charge in [-0.3, -0.25) is 0 Å². The van der Waals surface area contributed by atoms with E-state index in [-0.39, 0.29) is 0 Å². The van der Waals surface area contributed by atoms with Crippen LogP contribution in [0.4, 0.5) is 0 Å². The number of nitrogens with one attached hydrogen (secondary N) is 1. The van der Waals surface area contributed by atoms with Crippen molar-refractivity contribution in [3.8, 4) is 0 Å². The van der Waals surface area contributed by atoms with E-state index in [0.717, 1.165) is 58.0 Å². The molecule has 1 aromatic rings. The molecular weight excluding hydrogens is 250 g/mol. The molecule has 1 aliphatic heterocycles. The SMILES string of the molecule is CCCc1nc2c(n1CCCOCC1CC1)CCNC2. The van der Waals surface area contributed by atoms with Gasteiger partial charge in [0.25, 0.3) is 0 Å². The van der Waals surface area contributed by atoms with Crippen molar-refractivity contribution in [2.45, 2.75) is 58.5 Å². The molecular formula is C16H27N3O. The summed E-state index contributed by atoms with van der Waals surface area (Å²) in [5.41, 5.74) is 2.74. The Morgan fingerprint density at radius 1 is 1.40 bits per heavy atom. The highest BCUT2D eigenvalue weighted by Crippen LogP contribution is 2.28. The molecule has 20 heavy (non-hydrogen) atoms. The van der Waals surface area contributed by atoms with Gasteiger partial charge >= 0.3 is 0 Å². The molecule has 2 heterocycles. The zero-order chi connectivity index (χ0) is 13.8. The third-order valence-electron chi connectivity index (χ3n) is 4.26. The molecule has 0 saturated heterocycles. The lowest BCUT2D eigenvalue weighted by Gasteiger charge is -2.16. The van der Waals surface area contributed by atoms with Gasteiger partial charge in [-0.15, -0.1) is 0 Å². The number of hydrogen-bond acceptors (Lipinski definition) is 3. The van der Waals surface area contributed by atoms with Crippen molar-refractivity contribution in [2.24, 2.45) is 5.92 Å². The molecule has 1 saturated carbocycles. The van der Waals surface area contributed by atoms with Gasteiger partial charge in [0.2, 0.25) is 0 Å². The third-order valence-corrected chi connectivity index (χ3v) is 4.26. The minimum absolute atomic E-state index is 0.873. The molecule has 2 aliphatic rings. The number of aryl methyl sites for hydroxylation is 1. The maximum absolute atomic E-state index is 5.75. The van der Waals surface area contributed by atoms with Crippen molar-refractivity contribution in [1.82, 2.24) is 14.9 Å². The van der Waals surface area contributed by atoms with Crippen molar-refractivity contribution in [1.29, 1.82) is 0 Å². The first-order valence-electron chi connectivity index (χ1n) is 8.24. The van der Waals surface area contributed by atoms with Crippen LogP contribution in [0, 0.1) is 5.92 Å². The highest BCUT2D eigenvalue weighted by Gasteiger charge is 2.21. The van der Waals surface area contributed by atoms with E-state index in [9.17, 15) is 0 Å². The van der Waals surface area contributed by atoms with Crippen molar-refractivity contribution >= 4 is 0 Å². The zero-order valence-corrected chi connectivity index (χ0v) is 12.7. The second-order valence-electron chi connectivity index (χ2n) is 6.12. The maximum atomic E-state index is 5.75. The summed E-state index contributed by atoms with van der Waals surface area (Å²) >= 11 is 0. The average molecular weight is 277 g/mol. The largest absolute Gasteiger partial charge is 0.381 e. The summed E-state index contributed by atoms with van der Waals surface area (Å²) in [7, 11) is 0. The number of hydrogen-bond donors (Lipinski definition) is 1. The van der Waals surface area contributed by atoms with E-state index in [2.05, 4.69) is 16.8 Å². The Balaban J connectivity index is 1.56. The highest BCUT2D eigenvalue weighted by molar-refractivity contribution is 5.20. The molecule has 4 nitrogen and oxygen atoms in total. The molecule has 1 N–H and O–H groups in total. The van der Waals surface area contributed by atoms with Crippen molar-refractivity contribution in [2.75, 3.05) is 19.8 Å². The molecule has 0 aromatic carbocycles. The number of fused-ring (bicyclic) bond motifs is 1. The first kappa shape index (κ1) is 14.1. The lowest BCUT2D eigenvalue weighted by Crippen LogP contribution is -2.25. The number of rotatable bonds is 8. The van der Waals surface area contributed by atoms with Crippen LogP contribution in [0.15, 0.2) is 0 Å². The van der Waals surface area contributed by atoms with E-state index in [1.54, 1.807) is 0 Å². The van der Waals surface area contributed by atoms with E-state index in [4.69, 9.17) is 9.72 Å². The average Bonchev–Trinajstić information content (AvgIpc) is 3.22. The predicted molar refractivity (Wildman–Crippen MR) is 79.8 cm³/mol. The first-order valence-corrected chi connectivity index (χ1v) is 8.24. The molecule has 0 radical (unpaired) electrons. The fraction of sp³-hybridized carbons (Fsp3) is 0.812. The molecule has 1 aliphatic carbocycles. The molecule has 3 rings (SSSR count). The van der Waals surface area contributed by atoms with Crippen LogP contribution in [-0.2, 0) is 30.7 Å². The lowest BCUT2D eigenvalue weighted by atomic mass is 10.2. The summed E-state index contributed by atoms with van der Waals surface area (Å²) in [6.45, 7) is 7.21. The van der Waals surface area contributed by atoms with Crippen LogP contribution < -0.4 is 5.32 Å². The number of aromatic nitrogens is 2. The highest BCUT2D eigenvalue weighted by atomic mass is 16.5. The van der Waals surface area contributed by atoms with Gasteiger partial charge in [-0.2, -0.15) is 0 Å². The lowest BCUT2D eigenvalue weighted by molar-refractivity contribution is 0.119. The van der Waals surface area contributed by atoms with Crippen molar-refractivity contribution in [3.63, 3.8) is 0 Å². The van der Waals surface area contributed by atoms with Gasteiger partial charge in [0, 0.05) is 51.4 Å². The van der Waals surface area contributed by atoms with Gasteiger partial charge in [0.1, 0.15) is 5.82 Å². The molecule has 1 aromatic heterocycles. The first-order chi connectivity index (χ1) is 9.88. The summed E-state index contributed by atoms with van der Waals surface area (Å²) in [6, 6.07) is 0. The van der Waals surface area contributed by atoms with Crippen LogP contribution in [0.1, 0.15) is 49.8 Å². The number of imidazole rings is 1. The van der Waals surface area contributed by atoms with Gasteiger partial charge in [-0.05, 0) is 31.6 Å². The van der Waals surface area contributed by atoms with E-state index in [0.29, 0.717) is 0 Å². The Labute approximate surface area is 121 Å². The van der Waals surface area contributed by atoms with E-state index >= 15 is 0 Å². The molecule has 0 amide bonds. The molecule has 0 unspecified atom stereocenters. The normalized spacial score (nSPS) is 18.2. The van der Waals surface area contributed by atoms with Gasteiger partial charge in [0.05, 0.1) is 5.69 Å². The van der Waals surface area contributed by atoms with Crippen LogP contribution >= 0.6 is 0 Å². The number of ether oxygens (including phenoxy) is 1. The second-order valence-corrected chi connectivity index (χ2v) is 6.12. The van der Waals surface area contributed by atoms with Crippen molar-refractivity contribution in [3.05, 3.63) is 17.2 Å². The molecule has 0 bridgehead atoms. The fourth-order valence-corrected chi connectivity index (χ4v) is 2.96. The summed E-state index contributed by atoms with van der Waals surface area (Å²) in [4.78, 5) is 4.84. The Morgan fingerprint density at radius 3 is 3.10 bits per heavy atom. The van der Waals surface area contributed by atoms with Crippen LogP contribution in [0.3, 0.4) is 0 Å². The summed E-state index contributed by atoms with van der Waals surface area (Å²) in [5, 5.41) is 3.42. The second kappa shape index (κ2) is 6.72. The Hall–Kier alpha value is -0.870. The van der Waals surface area contributed by atoms with Crippen LogP contribution in [0.25, 0.3) is 0 Å². The fourth-order valence-electron chi connectivity index (χ4n) is 2.96. The van der Waals surface area contributed by atoms with Gasteiger partial charge < -0.3 is 14.6 Å². The Bertz CT molecular complexity index is 437. The minimum Gasteiger partial charge on any atom is -0.381 e. The Kier molecular flexibility index (Phi) is 4.73. The molecule has 0 spiro atoms. The van der Waals surface area contributed by atoms with Crippen LogP contribution in [0.5, 0.6) is 0 Å². The van der Waals surface area contributed by atoms with Crippen LogP contribution in [0.2, 0.25) is 0 Å². The standard InChI is InChI=1S/C16H27N3O/c1-2-4-16-18-14-11-17-8-7-15(14)19(16)9-3-10-20-12-13-5-6-13/h13,17H,2-12H2,1H3. The molecule has 1 fully saturated rings. The topological polar surface area (TPSA) is 39.1 Å². The minimum atomic E-state index is 0.873. The summed E-state index contributed by atoms with van der Waals surface area (Å²) in [6.07, 6.45) is 7.25. The molecule has 112 valence electrons. The summed E-state index contributed by atoms with van der Waals surface area (Å²) in [5.74, 6) is 2.15. The maximum Gasteiger partial charge on any atom is 0.109 e. The quantitative estimate of drug-likeness (QED) is 0.741. The predicted octanol–water partition coefficient (Wildman–Crippen LogP) is 2.30.